The maximum atomic E-state index is 12.0. The Bertz CT molecular complexity index is 757. The Hall–Kier alpha value is -2.20. The molecule has 1 heterocycles. The van der Waals surface area contributed by atoms with E-state index in [9.17, 15) is 9.59 Å². The van der Waals surface area contributed by atoms with Crippen molar-refractivity contribution in [2.45, 2.75) is 52.6 Å². The van der Waals surface area contributed by atoms with E-state index in [1.54, 1.807) is 6.08 Å². The van der Waals surface area contributed by atoms with Crippen molar-refractivity contribution < 1.29 is 19.1 Å². The fourth-order valence-electron chi connectivity index (χ4n) is 4.26. The molecule has 0 radical (unpaired) electrons. The number of esters is 1. The van der Waals surface area contributed by atoms with E-state index in [-0.39, 0.29) is 29.2 Å². The highest BCUT2D eigenvalue weighted by atomic mass is 16.5. The predicted octanol–water partition coefficient (Wildman–Crippen LogP) is 4.83. The number of fused-ring (bicyclic) bond motifs is 1. The van der Waals surface area contributed by atoms with Crippen LogP contribution in [0.25, 0.3) is 5.57 Å². The van der Waals surface area contributed by atoms with Gasteiger partial charge in [-0.15, -0.1) is 0 Å². The molecule has 0 N–H and O–H groups in total. The second-order valence-electron chi connectivity index (χ2n) is 7.83. The van der Waals surface area contributed by atoms with Gasteiger partial charge in [-0.2, -0.15) is 0 Å². The molecule has 1 aliphatic carbocycles. The molecule has 2 aliphatic rings. The van der Waals surface area contributed by atoms with Crippen molar-refractivity contribution >= 4 is 17.3 Å². The molecule has 1 aromatic rings. The van der Waals surface area contributed by atoms with Crippen LogP contribution in [0.3, 0.4) is 0 Å². The lowest BCUT2D eigenvalue weighted by Gasteiger charge is -2.35. The van der Waals surface area contributed by atoms with Gasteiger partial charge in [0.25, 0.3) is 0 Å². The summed E-state index contributed by atoms with van der Waals surface area (Å²) in [6.07, 6.45) is 6.33. The largest absolute Gasteiger partial charge is 0.469 e. The highest BCUT2D eigenvalue weighted by Gasteiger charge is 2.50. The average Bonchev–Trinajstić information content (AvgIpc) is 2.99. The van der Waals surface area contributed by atoms with E-state index in [0.717, 1.165) is 18.4 Å². The lowest BCUT2D eigenvalue weighted by Crippen LogP contribution is -2.39. The first-order valence-corrected chi connectivity index (χ1v) is 9.90. The topological polar surface area (TPSA) is 52.6 Å². The van der Waals surface area contributed by atoms with E-state index in [4.69, 9.17) is 4.74 Å². The van der Waals surface area contributed by atoms with Crippen LogP contribution in [0.1, 0.15) is 49.8 Å². The Morgan fingerprint density at radius 2 is 1.89 bits per heavy atom. The number of carbonyl (C=O) groups excluding carboxylic acids is 2. The van der Waals surface area contributed by atoms with Crippen LogP contribution in [-0.4, -0.2) is 31.1 Å². The van der Waals surface area contributed by atoms with E-state index < -0.39 is 0 Å². The maximum absolute atomic E-state index is 12.0. The lowest BCUT2D eigenvalue weighted by atomic mass is 9.70. The highest BCUT2D eigenvalue weighted by Crippen LogP contribution is 2.49. The van der Waals surface area contributed by atoms with Crippen LogP contribution in [0.5, 0.6) is 0 Å². The standard InChI is InChI=1S/C21H26O2.C3H6O2/c1-5-7-21-8-6-18(22)12-20(21)19(13-23-21)16(4)17-10-14(2)9-15(3)11-17;1-3(4)5-2/h6,8-11,19-20H,4-5,7,12-13H2,1-3H3;1-2H3. The number of ketones is 1. The van der Waals surface area contributed by atoms with Crippen molar-refractivity contribution in [3.63, 3.8) is 0 Å². The van der Waals surface area contributed by atoms with Crippen molar-refractivity contribution in [3.05, 3.63) is 53.6 Å². The number of carbonyl (C=O) groups is 2. The summed E-state index contributed by atoms with van der Waals surface area (Å²) in [5.74, 6) is 0.403. The van der Waals surface area contributed by atoms with Gasteiger partial charge in [-0.25, -0.2) is 0 Å². The Morgan fingerprint density at radius 1 is 1.29 bits per heavy atom. The van der Waals surface area contributed by atoms with Crippen LogP contribution < -0.4 is 0 Å². The van der Waals surface area contributed by atoms with Gasteiger partial charge in [-0.05, 0) is 43.6 Å². The summed E-state index contributed by atoms with van der Waals surface area (Å²) in [6, 6.07) is 6.56. The Kier molecular flexibility index (Phi) is 7.36. The van der Waals surface area contributed by atoms with Crippen molar-refractivity contribution in [1.82, 2.24) is 0 Å². The van der Waals surface area contributed by atoms with Gasteiger partial charge in [0.2, 0.25) is 0 Å². The zero-order valence-corrected chi connectivity index (χ0v) is 17.7. The molecule has 0 amide bonds. The van der Waals surface area contributed by atoms with Crippen LogP contribution in [0.15, 0.2) is 36.9 Å². The molecule has 28 heavy (non-hydrogen) atoms. The minimum absolute atomic E-state index is 0.213. The molecule has 0 aromatic heterocycles. The van der Waals surface area contributed by atoms with Crippen LogP contribution in [-0.2, 0) is 19.1 Å². The number of hydrogen-bond donors (Lipinski definition) is 0. The molecule has 1 aliphatic heterocycles. The third-order valence-electron chi connectivity index (χ3n) is 5.59. The molecular formula is C24H32O4. The van der Waals surface area contributed by atoms with Gasteiger partial charge < -0.3 is 9.47 Å². The molecule has 3 atom stereocenters. The molecule has 0 bridgehead atoms. The molecule has 1 fully saturated rings. The molecule has 1 aromatic carbocycles. The van der Waals surface area contributed by atoms with E-state index in [0.29, 0.717) is 13.0 Å². The van der Waals surface area contributed by atoms with Gasteiger partial charge in [-0.1, -0.05) is 49.2 Å². The predicted molar refractivity (Wildman–Crippen MR) is 112 cm³/mol. The van der Waals surface area contributed by atoms with Crippen molar-refractivity contribution in [1.29, 1.82) is 0 Å². The first-order chi connectivity index (χ1) is 13.2. The average molecular weight is 385 g/mol. The van der Waals surface area contributed by atoms with Gasteiger partial charge >= 0.3 is 5.97 Å². The van der Waals surface area contributed by atoms with Crippen LogP contribution in [0.4, 0.5) is 0 Å². The summed E-state index contributed by atoms with van der Waals surface area (Å²) in [5.41, 5.74) is 4.53. The zero-order chi connectivity index (χ0) is 20.9. The normalized spacial score (nSPS) is 25.5. The monoisotopic (exact) mass is 384 g/mol. The summed E-state index contributed by atoms with van der Waals surface area (Å²) < 4.78 is 10.4. The SMILES string of the molecule is C=C(c1cc(C)cc(C)c1)C1COC2(CCC)C=CC(=O)CC12.COC(C)=O. The zero-order valence-electron chi connectivity index (χ0n) is 17.7. The number of benzene rings is 1. The number of aryl methyl sites for hydroxylation is 2. The summed E-state index contributed by atoms with van der Waals surface area (Å²) >= 11 is 0. The third kappa shape index (κ3) is 4.99. The molecule has 4 heteroatoms. The summed E-state index contributed by atoms with van der Waals surface area (Å²) in [4.78, 5) is 21.6. The molecule has 3 unspecified atom stereocenters. The third-order valence-corrected chi connectivity index (χ3v) is 5.59. The second kappa shape index (κ2) is 9.33. The smallest absolute Gasteiger partial charge is 0.302 e. The fourth-order valence-corrected chi connectivity index (χ4v) is 4.26. The van der Waals surface area contributed by atoms with Gasteiger partial charge in [0.05, 0.1) is 19.3 Å². The number of methoxy groups -OCH3 is 1. The first kappa shape index (κ1) is 22.1. The Balaban J connectivity index is 0.000000500. The van der Waals surface area contributed by atoms with Crippen LogP contribution >= 0.6 is 0 Å². The first-order valence-electron chi connectivity index (χ1n) is 9.90. The molecule has 0 saturated carbocycles. The van der Waals surface area contributed by atoms with Gasteiger partial charge in [-0.3, -0.25) is 9.59 Å². The molecule has 1 saturated heterocycles. The van der Waals surface area contributed by atoms with Crippen molar-refractivity contribution in [3.8, 4) is 0 Å². The Morgan fingerprint density at radius 3 is 2.43 bits per heavy atom. The molecular weight excluding hydrogens is 352 g/mol. The summed E-state index contributed by atoms with van der Waals surface area (Å²) in [5, 5.41) is 0. The Labute approximate surface area is 168 Å². The van der Waals surface area contributed by atoms with Gasteiger partial charge in [0.15, 0.2) is 5.78 Å². The quantitative estimate of drug-likeness (QED) is 0.698. The number of hydrogen-bond acceptors (Lipinski definition) is 4. The van der Waals surface area contributed by atoms with E-state index in [1.165, 1.54) is 30.7 Å². The number of rotatable bonds is 4. The number of ether oxygens (including phenoxy) is 2. The minimum atomic E-state index is -0.269. The molecule has 3 rings (SSSR count). The van der Waals surface area contributed by atoms with Crippen molar-refractivity contribution in [2.75, 3.05) is 13.7 Å². The summed E-state index contributed by atoms with van der Waals surface area (Å²) in [6.45, 7) is 12.8. The lowest BCUT2D eigenvalue weighted by molar-refractivity contribution is -0.137. The van der Waals surface area contributed by atoms with E-state index in [1.807, 2.05) is 6.08 Å². The second-order valence-corrected chi connectivity index (χ2v) is 7.83. The van der Waals surface area contributed by atoms with Crippen LogP contribution in [0.2, 0.25) is 0 Å². The van der Waals surface area contributed by atoms with Crippen molar-refractivity contribution in [2.24, 2.45) is 11.8 Å². The summed E-state index contributed by atoms with van der Waals surface area (Å²) in [7, 11) is 1.35. The minimum Gasteiger partial charge on any atom is -0.469 e. The maximum Gasteiger partial charge on any atom is 0.302 e. The molecule has 4 nitrogen and oxygen atoms in total. The number of allylic oxidation sites excluding steroid dienone is 1. The van der Waals surface area contributed by atoms with E-state index >= 15 is 0 Å². The van der Waals surface area contributed by atoms with Gasteiger partial charge in [0, 0.05) is 25.2 Å². The molecule has 152 valence electrons. The molecule has 0 spiro atoms. The fraction of sp³-hybridized carbons (Fsp3) is 0.500. The van der Waals surface area contributed by atoms with Crippen LogP contribution in [0, 0.1) is 25.7 Å². The highest BCUT2D eigenvalue weighted by molar-refractivity contribution is 5.91. The van der Waals surface area contributed by atoms with E-state index in [2.05, 4.69) is 50.3 Å². The van der Waals surface area contributed by atoms with Gasteiger partial charge in [0.1, 0.15) is 0 Å².